The molecule has 1 heterocycles. The number of nitrogens with zero attached hydrogens (tertiary/aromatic N) is 1. The Morgan fingerprint density at radius 1 is 1.20 bits per heavy atom. The Morgan fingerprint density at radius 2 is 1.97 bits per heavy atom. The topological polar surface area (TPSA) is 37.6 Å². The van der Waals surface area contributed by atoms with E-state index >= 15 is 0 Å². The summed E-state index contributed by atoms with van der Waals surface area (Å²) in [6.07, 6.45) is 2.33. The number of hydrogen-bond donors (Lipinski definition) is 1. The highest BCUT2D eigenvalue weighted by atomic mass is 32.1. The maximum absolute atomic E-state index is 13.7. The molecular weight excluding hydrogens is 399 g/mol. The van der Waals surface area contributed by atoms with Gasteiger partial charge in [-0.1, -0.05) is 23.8 Å². The lowest BCUT2D eigenvalue weighted by Gasteiger charge is -2.34. The number of hydrogen-bond acceptors (Lipinski definition) is 3. The standard InChI is InChI=1S/C24H25FN2O2S/c1-17(2)14-23(18-9-11-21(28-3)12-10-18)27(16-22-8-5-13-29-22)24(30)26-20-7-4-6-19(25)15-20/h4-13,15,23H,1,14,16H2,2-3H3,(H,26,30). The number of methoxy groups -OCH3 is 1. The van der Waals surface area contributed by atoms with Crippen molar-refractivity contribution in [2.75, 3.05) is 12.4 Å². The Morgan fingerprint density at radius 3 is 2.57 bits per heavy atom. The molecule has 2 aromatic carbocycles. The van der Waals surface area contributed by atoms with E-state index in [1.54, 1.807) is 25.5 Å². The average molecular weight is 425 g/mol. The van der Waals surface area contributed by atoms with Gasteiger partial charge in [0.2, 0.25) is 0 Å². The number of rotatable bonds is 8. The molecule has 4 nitrogen and oxygen atoms in total. The van der Waals surface area contributed by atoms with Gasteiger partial charge in [-0.05, 0) is 73.6 Å². The molecule has 0 radical (unpaired) electrons. The Labute approximate surface area is 182 Å². The minimum absolute atomic E-state index is 0.0907. The molecule has 1 aromatic heterocycles. The van der Waals surface area contributed by atoms with Gasteiger partial charge < -0.3 is 19.4 Å². The molecule has 0 aliphatic heterocycles. The molecule has 0 aliphatic rings. The van der Waals surface area contributed by atoms with Gasteiger partial charge >= 0.3 is 0 Å². The van der Waals surface area contributed by atoms with Crippen LogP contribution in [0.25, 0.3) is 0 Å². The summed E-state index contributed by atoms with van der Waals surface area (Å²) >= 11 is 5.75. The lowest BCUT2D eigenvalue weighted by Crippen LogP contribution is -2.37. The van der Waals surface area contributed by atoms with Crippen molar-refractivity contribution in [1.29, 1.82) is 0 Å². The van der Waals surface area contributed by atoms with Crippen LogP contribution in [0.5, 0.6) is 5.75 Å². The maximum atomic E-state index is 13.7. The number of anilines is 1. The zero-order chi connectivity index (χ0) is 21.5. The van der Waals surface area contributed by atoms with E-state index in [1.807, 2.05) is 48.2 Å². The highest BCUT2D eigenvalue weighted by Crippen LogP contribution is 2.31. The molecule has 30 heavy (non-hydrogen) atoms. The number of thiocarbonyl (C=S) groups is 1. The van der Waals surface area contributed by atoms with Gasteiger partial charge in [0.15, 0.2) is 5.11 Å². The molecule has 0 spiro atoms. The Kier molecular flexibility index (Phi) is 7.25. The molecule has 0 amide bonds. The second kappa shape index (κ2) is 10.1. The van der Waals surface area contributed by atoms with Crippen molar-refractivity contribution in [2.45, 2.75) is 25.9 Å². The molecule has 0 saturated heterocycles. The Hall–Kier alpha value is -3.12. The summed E-state index contributed by atoms with van der Waals surface area (Å²) in [5, 5.41) is 3.63. The normalized spacial score (nSPS) is 11.6. The van der Waals surface area contributed by atoms with E-state index in [4.69, 9.17) is 21.4 Å². The number of ether oxygens (including phenoxy) is 1. The van der Waals surface area contributed by atoms with Gasteiger partial charge in [0.05, 0.1) is 26.0 Å². The summed E-state index contributed by atoms with van der Waals surface area (Å²) in [5.41, 5.74) is 2.68. The molecule has 1 N–H and O–H groups in total. The Bertz CT molecular complexity index is 987. The summed E-state index contributed by atoms with van der Waals surface area (Å²) in [6, 6.07) is 17.8. The van der Waals surface area contributed by atoms with Crippen LogP contribution in [-0.2, 0) is 6.54 Å². The molecule has 6 heteroatoms. The summed E-state index contributed by atoms with van der Waals surface area (Å²) in [4.78, 5) is 2.04. The molecule has 0 aliphatic carbocycles. The smallest absolute Gasteiger partial charge is 0.174 e. The first-order chi connectivity index (χ1) is 14.5. The van der Waals surface area contributed by atoms with Crippen molar-refractivity contribution in [1.82, 2.24) is 4.90 Å². The predicted octanol–water partition coefficient (Wildman–Crippen LogP) is 6.33. The van der Waals surface area contributed by atoms with E-state index in [1.165, 1.54) is 12.1 Å². The highest BCUT2D eigenvalue weighted by molar-refractivity contribution is 7.80. The highest BCUT2D eigenvalue weighted by Gasteiger charge is 2.24. The van der Waals surface area contributed by atoms with Gasteiger partial charge in [0.1, 0.15) is 17.3 Å². The third kappa shape index (κ3) is 5.70. The van der Waals surface area contributed by atoms with Crippen LogP contribution < -0.4 is 10.1 Å². The van der Waals surface area contributed by atoms with Crippen LogP contribution in [0, 0.1) is 5.82 Å². The van der Waals surface area contributed by atoms with Crippen molar-refractivity contribution in [2.24, 2.45) is 0 Å². The van der Waals surface area contributed by atoms with Crippen LogP contribution in [0.4, 0.5) is 10.1 Å². The summed E-state index contributed by atoms with van der Waals surface area (Å²) in [7, 11) is 1.64. The second-order valence-corrected chi connectivity index (χ2v) is 7.48. The third-order valence-electron chi connectivity index (χ3n) is 4.66. The molecule has 0 bridgehead atoms. The minimum atomic E-state index is -0.325. The molecule has 3 aromatic rings. The predicted molar refractivity (Wildman–Crippen MR) is 122 cm³/mol. The molecule has 0 saturated carbocycles. The van der Waals surface area contributed by atoms with E-state index in [2.05, 4.69) is 11.9 Å². The first-order valence-electron chi connectivity index (χ1n) is 9.60. The molecule has 1 unspecified atom stereocenters. The van der Waals surface area contributed by atoms with Crippen molar-refractivity contribution in [3.05, 3.63) is 96.2 Å². The van der Waals surface area contributed by atoms with E-state index in [0.29, 0.717) is 23.8 Å². The van der Waals surface area contributed by atoms with Crippen LogP contribution in [0.1, 0.15) is 30.7 Å². The van der Waals surface area contributed by atoms with Gasteiger partial charge in [-0.15, -0.1) is 6.58 Å². The van der Waals surface area contributed by atoms with Crippen LogP contribution in [-0.4, -0.2) is 17.1 Å². The second-order valence-electron chi connectivity index (χ2n) is 7.10. The third-order valence-corrected chi connectivity index (χ3v) is 5.00. The molecule has 3 rings (SSSR count). The van der Waals surface area contributed by atoms with E-state index in [0.717, 1.165) is 22.6 Å². The summed E-state index contributed by atoms with van der Waals surface area (Å²) in [5.74, 6) is 1.23. The average Bonchev–Trinajstić information content (AvgIpc) is 3.24. The van der Waals surface area contributed by atoms with Crippen molar-refractivity contribution < 1.29 is 13.5 Å². The van der Waals surface area contributed by atoms with Gasteiger partial charge in [0.25, 0.3) is 0 Å². The molecule has 156 valence electrons. The van der Waals surface area contributed by atoms with Crippen LogP contribution in [0.15, 0.2) is 83.5 Å². The van der Waals surface area contributed by atoms with Gasteiger partial charge in [-0.25, -0.2) is 4.39 Å². The summed E-state index contributed by atoms with van der Waals surface area (Å²) in [6.45, 7) is 6.55. The maximum Gasteiger partial charge on any atom is 0.174 e. The molecule has 1 atom stereocenters. The molecule has 0 fully saturated rings. The Balaban J connectivity index is 1.95. The zero-order valence-electron chi connectivity index (χ0n) is 17.1. The van der Waals surface area contributed by atoms with Crippen molar-refractivity contribution in [3.8, 4) is 5.75 Å². The fourth-order valence-corrected chi connectivity index (χ4v) is 3.53. The number of benzene rings is 2. The van der Waals surface area contributed by atoms with Crippen molar-refractivity contribution in [3.63, 3.8) is 0 Å². The van der Waals surface area contributed by atoms with Gasteiger partial charge in [-0.2, -0.15) is 0 Å². The fourth-order valence-electron chi connectivity index (χ4n) is 3.22. The lowest BCUT2D eigenvalue weighted by molar-refractivity contribution is 0.284. The van der Waals surface area contributed by atoms with Gasteiger partial charge in [0, 0.05) is 5.69 Å². The number of furan rings is 1. The summed E-state index contributed by atoms with van der Waals surface area (Å²) < 4.78 is 24.5. The quantitative estimate of drug-likeness (QED) is 0.338. The lowest BCUT2D eigenvalue weighted by atomic mass is 9.98. The van der Waals surface area contributed by atoms with E-state index in [-0.39, 0.29) is 11.9 Å². The largest absolute Gasteiger partial charge is 0.497 e. The number of nitrogens with one attached hydrogen (secondary N) is 1. The van der Waals surface area contributed by atoms with Gasteiger partial charge in [-0.3, -0.25) is 0 Å². The molecular formula is C24H25FN2O2S. The fraction of sp³-hybridized carbons (Fsp3) is 0.208. The monoisotopic (exact) mass is 424 g/mol. The zero-order valence-corrected chi connectivity index (χ0v) is 17.9. The first kappa shape index (κ1) is 21.6. The van der Waals surface area contributed by atoms with Crippen LogP contribution >= 0.6 is 12.2 Å². The van der Waals surface area contributed by atoms with Crippen molar-refractivity contribution >= 4 is 23.0 Å². The van der Waals surface area contributed by atoms with Crippen LogP contribution in [0.3, 0.4) is 0 Å². The van der Waals surface area contributed by atoms with Crippen LogP contribution in [0.2, 0.25) is 0 Å². The number of halogens is 1. The SMILES string of the molecule is C=C(C)CC(c1ccc(OC)cc1)N(Cc1ccco1)C(=S)Nc1cccc(F)c1. The minimum Gasteiger partial charge on any atom is -0.497 e. The van der Waals surface area contributed by atoms with E-state index < -0.39 is 0 Å². The first-order valence-corrected chi connectivity index (χ1v) is 10.0. The van der Waals surface area contributed by atoms with E-state index in [9.17, 15) is 4.39 Å².